The van der Waals surface area contributed by atoms with Crippen molar-refractivity contribution in [1.29, 1.82) is 0 Å². The number of ether oxygens (including phenoxy) is 1. The van der Waals surface area contributed by atoms with E-state index in [-0.39, 0.29) is 17.2 Å². The maximum absolute atomic E-state index is 12.1. The number of carbonyl (C=O) groups is 1. The number of hydrogen-bond donors (Lipinski definition) is 2. The molecular formula is C12H16N4O4. The van der Waals surface area contributed by atoms with Gasteiger partial charge in [-0.3, -0.25) is 14.9 Å². The summed E-state index contributed by atoms with van der Waals surface area (Å²) in [4.78, 5) is 26.1. The summed E-state index contributed by atoms with van der Waals surface area (Å²) in [6.45, 7) is 1.83. The van der Waals surface area contributed by atoms with Gasteiger partial charge in [-0.25, -0.2) is 4.98 Å². The molecule has 0 saturated carbocycles. The van der Waals surface area contributed by atoms with E-state index in [0.717, 1.165) is 12.6 Å². The lowest BCUT2D eigenvalue weighted by atomic mass is 10.1. The first-order valence-corrected chi connectivity index (χ1v) is 6.30. The van der Waals surface area contributed by atoms with Crippen LogP contribution in [0.1, 0.15) is 16.8 Å². The van der Waals surface area contributed by atoms with Crippen molar-refractivity contribution in [1.82, 2.24) is 10.3 Å². The molecule has 108 valence electrons. The van der Waals surface area contributed by atoms with E-state index in [1.165, 1.54) is 6.07 Å². The van der Waals surface area contributed by atoms with Crippen LogP contribution in [0.2, 0.25) is 0 Å². The Labute approximate surface area is 115 Å². The van der Waals surface area contributed by atoms with Gasteiger partial charge in [-0.2, -0.15) is 0 Å². The van der Waals surface area contributed by atoms with E-state index >= 15 is 0 Å². The van der Waals surface area contributed by atoms with Gasteiger partial charge in [0.1, 0.15) is 12.0 Å². The Bertz CT molecular complexity index is 514. The first-order chi connectivity index (χ1) is 9.61. The molecule has 20 heavy (non-hydrogen) atoms. The summed E-state index contributed by atoms with van der Waals surface area (Å²) in [5.74, 6) is 0.233. The molecule has 1 aromatic heterocycles. The fraction of sp³-hybridized carbons (Fsp3) is 0.500. The highest BCUT2D eigenvalue weighted by Gasteiger charge is 2.20. The van der Waals surface area contributed by atoms with Crippen molar-refractivity contribution >= 4 is 17.4 Å². The van der Waals surface area contributed by atoms with Crippen molar-refractivity contribution in [3.05, 3.63) is 27.9 Å². The lowest BCUT2D eigenvalue weighted by Crippen LogP contribution is -2.30. The molecule has 2 N–H and O–H groups in total. The summed E-state index contributed by atoms with van der Waals surface area (Å²) < 4.78 is 5.23. The number of nitro groups is 1. The van der Waals surface area contributed by atoms with Crippen LogP contribution < -0.4 is 10.6 Å². The molecule has 1 aliphatic heterocycles. The van der Waals surface area contributed by atoms with Crippen LogP contribution in [0.15, 0.2) is 12.3 Å². The second-order valence-electron chi connectivity index (χ2n) is 4.54. The van der Waals surface area contributed by atoms with Gasteiger partial charge < -0.3 is 15.4 Å². The van der Waals surface area contributed by atoms with E-state index in [1.54, 1.807) is 7.05 Å². The molecule has 8 heteroatoms. The van der Waals surface area contributed by atoms with Crippen LogP contribution in [-0.4, -0.2) is 42.6 Å². The van der Waals surface area contributed by atoms with E-state index in [1.807, 2.05) is 0 Å². The first-order valence-electron chi connectivity index (χ1n) is 6.30. The molecule has 1 atom stereocenters. The van der Waals surface area contributed by atoms with E-state index in [0.29, 0.717) is 31.5 Å². The molecule has 1 fully saturated rings. The third-order valence-corrected chi connectivity index (χ3v) is 3.14. The minimum Gasteiger partial charge on any atom is -0.381 e. The molecular weight excluding hydrogens is 264 g/mol. The summed E-state index contributed by atoms with van der Waals surface area (Å²) in [6, 6.07) is 1.22. The number of amides is 1. The fourth-order valence-corrected chi connectivity index (χ4v) is 2.00. The smallest absolute Gasteiger partial charge is 0.288 e. The van der Waals surface area contributed by atoms with Crippen molar-refractivity contribution in [3.8, 4) is 0 Å². The van der Waals surface area contributed by atoms with Crippen LogP contribution in [0.25, 0.3) is 0 Å². The minimum atomic E-state index is -0.575. The maximum Gasteiger partial charge on any atom is 0.288 e. The SMILES string of the molecule is CNc1ncc([N+](=O)[O-])cc1C(=O)NCC1CCOC1. The molecule has 2 heterocycles. The molecule has 0 aromatic carbocycles. The first kappa shape index (κ1) is 14.2. The quantitative estimate of drug-likeness (QED) is 0.610. The standard InChI is InChI=1S/C12H16N4O4/c1-13-11-10(4-9(6-14-11)16(18)19)12(17)15-5-8-2-3-20-7-8/h4,6,8H,2-3,5,7H2,1H3,(H,13,14)(H,15,17). The van der Waals surface area contributed by atoms with Crippen LogP contribution >= 0.6 is 0 Å². The van der Waals surface area contributed by atoms with Crippen molar-refractivity contribution in [2.24, 2.45) is 5.92 Å². The van der Waals surface area contributed by atoms with Gasteiger partial charge in [0.05, 0.1) is 17.1 Å². The molecule has 8 nitrogen and oxygen atoms in total. The number of rotatable bonds is 5. The molecule has 0 radical (unpaired) electrons. The summed E-state index contributed by atoms with van der Waals surface area (Å²) >= 11 is 0. The molecule has 1 aromatic rings. The van der Waals surface area contributed by atoms with Crippen LogP contribution in [0.3, 0.4) is 0 Å². The van der Waals surface area contributed by atoms with Crippen LogP contribution in [0.4, 0.5) is 11.5 Å². The molecule has 1 aliphatic rings. The Morgan fingerprint density at radius 2 is 2.45 bits per heavy atom. The average Bonchev–Trinajstić information content (AvgIpc) is 2.97. The van der Waals surface area contributed by atoms with Gasteiger partial charge in [-0.15, -0.1) is 0 Å². The zero-order valence-electron chi connectivity index (χ0n) is 11.1. The number of nitrogens with one attached hydrogen (secondary N) is 2. The number of nitrogens with zero attached hydrogens (tertiary/aromatic N) is 2. The second kappa shape index (κ2) is 6.29. The number of anilines is 1. The van der Waals surface area contributed by atoms with E-state index in [9.17, 15) is 14.9 Å². The van der Waals surface area contributed by atoms with E-state index in [4.69, 9.17) is 4.74 Å². The summed E-state index contributed by atoms with van der Waals surface area (Å²) in [6.07, 6.45) is 2.03. The van der Waals surface area contributed by atoms with Gasteiger partial charge in [-0.05, 0) is 6.42 Å². The number of aromatic nitrogens is 1. The predicted octanol–water partition coefficient (Wildman–Crippen LogP) is 0.798. The molecule has 0 bridgehead atoms. The van der Waals surface area contributed by atoms with Crippen molar-refractivity contribution in [3.63, 3.8) is 0 Å². The zero-order valence-corrected chi connectivity index (χ0v) is 11.1. The van der Waals surface area contributed by atoms with Gasteiger partial charge >= 0.3 is 0 Å². The minimum absolute atomic E-state index is 0.167. The maximum atomic E-state index is 12.1. The van der Waals surface area contributed by atoms with Crippen LogP contribution in [-0.2, 0) is 4.74 Å². The number of hydrogen-bond acceptors (Lipinski definition) is 6. The lowest BCUT2D eigenvalue weighted by Gasteiger charge is -2.11. The van der Waals surface area contributed by atoms with Crippen molar-refractivity contribution in [2.45, 2.75) is 6.42 Å². The highest BCUT2D eigenvalue weighted by molar-refractivity contribution is 5.99. The van der Waals surface area contributed by atoms with Crippen LogP contribution in [0.5, 0.6) is 0 Å². The monoisotopic (exact) mass is 280 g/mol. The van der Waals surface area contributed by atoms with Gasteiger partial charge in [0.25, 0.3) is 11.6 Å². The fourth-order valence-electron chi connectivity index (χ4n) is 2.00. The summed E-state index contributed by atoms with van der Waals surface area (Å²) in [5, 5.41) is 16.3. The van der Waals surface area contributed by atoms with Gasteiger partial charge in [0, 0.05) is 32.2 Å². The topological polar surface area (TPSA) is 106 Å². The van der Waals surface area contributed by atoms with Crippen molar-refractivity contribution in [2.75, 3.05) is 32.1 Å². The Morgan fingerprint density at radius 3 is 3.05 bits per heavy atom. The molecule has 1 saturated heterocycles. The van der Waals surface area contributed by atoms with Gasteiger partial charge in [0.15, 0.2) is 0 Å². The van der Waals surface area contributed by atoms with Crippen molar-refractivity contribution < 1.29 is 14.5 Å². The number of carbonyl (C=O) groups excluding carboxylic acids is 1. The summed E-state index contributed by atoms with van der Waals surface area (Å²) in [7, 11) is 1.61. The Hall–Kier alpha value is -2.22. The Morgan fingerprint density at radius 1 is 1.65 bits per heavy atom. The molecule has 0 aliphatic carbocycles. The third-order valence-electron chi connectivity index (χ3n) is 3.14. The van der Waals surface area contributed by atoms with Gasteiger partial charge in [-0.1, -0.05) is 0 Å². The highest BCUT2D eigenvalue weighted by Crippen LogP contribution is 2.19. The van der Waals surface area contributed by atoms with E-state index < -0.39 is 4.92 Å². The van der Waals surface area contributed by atoms with Crippen LogP contribution in [0, 0.1) is 16.0 Å². The van der Waals surface area contributed by atoms with Gasteiger partial charge in [0.2, 0.25) is 0 Å². The average molecular weight is 280 g/mol. The summed E-state index contributed by atoms with van der Waals surface area (Å²) in [5.41, 5.74) is -0.0426. The Balaban J connectivity index is 2.10. The highest BCUT2D eigenvalue weighted by atomic mass is 16.6. The molecule has 1 unspecified atom stereocenters. The lowest BCUT2D eigenvalue weighted by molar-refractivity contribution is -0.385. The number of pyridine rings is 1. The zero-order chi connectivity index (χ0) is 14.5. The van der Waals surface area contributed by atoms with E-state index in [2.05, 4.69) is 15.6 Å². The molecule has 1 amide bonds. The second-order valence-corrected chi connectivity index (χ2v) is 4.54. The largest absolute Gasteiger partial charge is 0.381 e. The Kier molecular flexibility index (Phi) is 4.46. The molecule has 2 rings (SSSR count). The molecule has 0 spiro atoms. The predicted molar refractivity (Wildman–Crippen MR) is 71.7 cm³/mol. The third kappa shape index (κ3) is 3.21. The normalized spacial score (nSPS) is 17.8.